The van der Waals surface area contributed by atoms with E-state index in [0.29, 0.717) is 18.4 Å². The van der Waals surface area contributed by atoms with Crippen LogP contribution in [0.4, 0.5) is 0 Å². The number of nitrogens with one attached hydrogen (secondary N) is 1. The lowest BCUT2D eigenvalue weighted by Crippen LogP contribution is -2.41. The fourth-order valence-corrected chi connectivity index (χ4v) is 2.42. The topological polar surface area (TPSA) is 62.9 Å². The lowest BCUT2D eigenvalue weighted by molar-refractivity contribution is 0.181. The summed E-state index contributed by atoms with van der Waals surface area (Å²) in [6, 6.07) is 0. The number of nitrogens with zero attached hydrogens (tertiary/aromatic N) is 3. The van der Waals surface area contributed by atoms with E-state index in [1.165, 1.54) is 0 Å². The number of guanidine groups is 1. The Hall–Kier alpha value is -1.56. The quantitative estimate of drug-likeness (QED) is 0.662. The molecule has 1 unspecified atom stereocenters. The van der Waals surface area contributed by atoms with Crippen molar-refractivity contribution in [1.82, 2.24) is 15.2 Å². The minimum Gasteiger partial charge on any atom is -0.444 e. The molecule has 1 fully saturated rings. The molecular formula is C15H26N4O2. The first-order valence-corrected chi connectivity index (χ1v) is 7.60. The van der Waals surface area contributed by atoms with Gasteiger partial charge in [-0.1, -0.05) is 0 Å². The summed E-state index contributed by atoms with van der Waals surface area (Å²) in [5.41, 5.74) is 0.932. The summed E-state index contributed by atoms with van der Waals surface area (Å²) in [6.07, 6.45) is 1.13. The minimum absolute atomic E-state index is 0.461. The van der Waals surface area contributed by atoms with Gasteiger partial charge in [0.15, 0.2) is 5.96 Å². The van der Waals surface area contributed by atoms with Crippen molar-refractivity contribution < 1.29 is 9.15 Å². The first kappa shape index (κ1) is 15.8. The van der Waals surface area contributed by atoms with Crippen molar-refractivity contribution >= 4 is 5.96 Å². The zero-order chi connectivity index (χ0) is 15.2. The molecule has 1 aliphatic rings. The highest BCUT2D eigenvalue weighted by Crippen LogP contribution is 2.13. The van der Waals surface area contributed by atoms with Gasteiger partial charge in [-0.15, -0.1) is 0 Å². The maximum atomic E-state index is 5.57. The molecule has 0 aromatic carbocycles. The zero-order valence-electron chi connectivity index (χ0n) is 13.5. The van der Waals surface area contributed by atoms with Gasteiger partial charge in [-0.05, 0) is 27.2 Å². The average molecular weight is 294 g/mol. The number of rotatable bonds is 5. The molecule has 6 heteroatoms. The lowest BCUT2D eigenvalue weighted by Gasteiger charge is -2.24. The Morgan fingerprint density at radius 3 is 2.86 bits per heavy atom. The molecule has 1 aliphatic heterocycles. The SMILES string of the molecule is CCNC(=NCc1nc(C)c(C)o1)N(C)CC1CCOC1. The number of oxazole rings is 1. The highest BCUT2D eigenvalue weighted by Gasteiger charge is 2.19. The summed E-state index contributed by atoms with van der Waals surface area (Å²) in [6.45, 7) is 9.92. The summed E-state index contributed by atoms with van der Waals surface area (Å²) in [5.74, 6) is 3.00. The van der Waals surface area contributed by atoms with Crippen LogP contribution in [0.5, 0.6) is 0 Å². The molecule has 1 aromatic rings. The Labute approximate surface area is 126 Å². The first-order valence-electron chi connectivity index (χ1n) is 7.60. The number of aryl methyl sites for hydroxylation is 2. The van der Waals surface area contributed by atoms with Crippen molar-refractivity contribution in [3.8, 4) is 0 Å². The van der Waals surface area contributed by atoms with E-state index in [1.54, 1.807) is 0 Å². The zero-order valence-corrected chi connectivity index (χ0v) is 13.5. The fourth-order valence-electron chi connectivity index (χ4n) is 2.42. The molecule has 2 rings (SSSR count). The maximum absolute atomic E-state index is 5.57. The van der Waals surface area contributed by atoms with E-state index in [2.05, 4.69) is 34.2 Å². The van der Waals surface area contributed by atoms with Crippen molar-refractivity contribution in [2.75, 3.05) is 33.4 Å². The van der Waals surface area contributed by atoms with Crippen molar-refractivity contribution in [3.05, 3.63) is 17.3 Å². The highest BCUT2D eigenvalue weighted by molar-refractivity contribution is 5.79. The monoisotopic (exact) mass is 294 g/mol. The first-order chi connectivity index (χ1) is 10.1. The van der Waals surface area contributed by atoms with Crippen molar-refractivity contribution in [1.29, 1.82) is 0 Å². The van der Waals surface area contributed by atoms with Gasteiger partial charge < -0.3 is 19.4 Å². The second-order valence-electron chi connectivity index (χ2n) is 5.53. The minimum atomic E-state index is 0.461. The Morgan fingerprint density at radius 2 is 2.29 bits per heavy atom. The number of hydrogen-bond acceptors (Lipinski definition) is 4. The van der Waals surface area contributed by atoms with Crippen molar-refractivity contribution in [2.45, 2.75) is 33.7 Å². The van der Waals surface area contributed by atoms with Crippen LogP contribution in [0.25, 0.3) is 0 Å². The van der Waals surface area contributed by atoms with Gasteiger partial charge in [-0.3, -0.25) is 0 Å². The molecule has 2 heterocycles. The summed E-state index contributed by atoms with van der Waals surface area (Å²) >= 11 is 0. The van der Waals surface area contributed by atoms with Gasteiger partial charge in [0.2, 0.25) is 5.89 Å². The summed E-state index contributed by atoms with van der Waals surface area (Å²) in [5, 5.41) is 3.31. The van der Waals surface area contributed by atoms with Crippen LogP contribution in [-0.2, 0) is 11.3 Å². The van der Waals surface area contributed by atoms with E-state index in [1.807, 2.05) is 13.8 Å². The second kappa shape index (κ2) is 7.45. The number of hydrogen-bond donors (Lipinski definition) is 1. The molecular weight excluding hydrogens is 268 g/mol. The smallest absolute Gasteiger partial charge is 0.216 e. The third kappa shape index (κ3) is 4.46. The Balaban J connectivity index is 1.97. The van der Waals surface area contributed by atoms with Crippen LogP contribution < -0.4 is 5.32 Å². The van der Waals surface area contributed by atoms with E-state index in [0.717, 1.165) is 50.1 Å². The fraction of sp³-hybridized carbons (Fsp3) is 0.733. The molecule has 6 nitrogen and oxygen atoms in total. The van der Waals surface area contributed by atoms with Crippen LogP contribution >= 0.6 is 0 Å². The average Bonchev–Trinajstić information content (AvgIpc) is 3.05. The number of aliphatic imine (C=N–C) groups is 1. The Morgan fingerprint density at radius 1 is 1.48 bits per heavy atom. The van der Waals surface area contributed by atoms with Gasteiger partial charge in [0, 0.05) is 32.7 Å². The van der Waals surface area contributed by atoms with Crippen molar-refractivity contribution in [3.63, 3.8) is 0 Å². The molecule has 21 heavy (non-hydrogen) atoms. The molecule has 0 amide bonds. The van der Waals surface area contributed by atoms with Gasteiger partial charge in [0.05, 0.1) is 12.3 Å². The standard InChI is InChI=1S/C15H26N4O2/c1-5-16-15(19(4)9-13-6-7-20-10-13)17-8-14-18-11(2)12(3)21-14/h13H,5-10H2,1-4H3,(H,16,17). The van der Waals surface area contributed by atoms with Crippen LogP contribution in [0.15, 0.2) is 9.41 Å². The van der Waals surface area contributed by atoms with Gasteiger partial charge in [-0.25, -0.2) is 9.98 Å². The van der Waals surface area contributed by atoms with Gasteiger partial charge >= 0.3 is 0 Å². The predicted octanol–water partition coefficient (Wildman–Crippen LogP) is 1.73. The molecule has 0 bridgehead atoms. The number of ether oxygens (including phenoxy) is 1. The molecule has 0 spiro atoms. The molecule has 0 radical (unpaired) electrons. The molecule has 1 saturated heterocycles. The molecule has 118 valence electrons. The van der Waals surface area contributed by atoms with E-state index in [9.17, 15) is 0 Å². The number of aromatic nitrogens is 1. The third-order valence-electron chi connectivity index (χ3n) is 3.69. The van der Waals surface area contributed by atoms with Gasteiger partial charge in [-0.2, -0.15) is 0 Å². The second-order valence-corrected chi connectivity index (χ2v) is 5.53. The molecule has 1 atom stereocenters. The predicted molar refractivity (Wildman–Crippen MR) is 82.3 cm³/mol. The summed E-state index contributed by atoms with van der Waals surface area (Å²) in [4.78, 5) is 11.1. The van der Waals surface area contributed by atoms with Crippen LogP contribution in [0, 0.1) is 19.8 Å². The van der Waals surface area contributed by atoms with E-state index < -0.39 is 0 Å². The lowest BCUT2D eigenvalue weighted by atomic mass is 10.1. The van der Waals surface area contributed by atoms with Crippen LogP contribution in [0.1, 0.15) is 30.7 Å². The van der Waals surface area contributed by atoms with E-state index in [-0.39, 0.29) is 0 Å². The molecule has 1 N–H and O–H groups in total. The van der Waals surface area contributed by atoms with Crippen LogP contribution in [0.2, 0.25) is 0 Å². The van der Waals surface area contributed by atoms with Crippen molar-refractivity contribution in [2.24, 2.45) is 10.9 Å². The van der Waals surface area contributed by atoms with Crippen LogP contribution in [0.3, 0.4) is 0 Å². The third-order valence-corrected chi connectivity index (χ3v) is 3.69. The highest BCUT2D eigenvalue weighted by atomic mass is 16.5. The van der Waals surface area contributed by atoms with Crippen LogP contribution in [-0.4, -0.2) is 49.2 Å². The Kier molecular flexibility index (Phi) is 5.61. The van der Waals surface area contributed by atoms with E-state index >= 15 is 0 Å². The summed E-state index contributed by atoms with van der Waals surface area (Å²) in [7, 11) is 2.06. The Bertz CT molecular complexity index is 459. The largest absolute Gasteiger partial charge is 0.444 e. The van der Waals surface area contributed by atoms with Gasteiger partial charge in [0.25, 0.3) is 0 Å². The maximum Gasteiger partial charge on any atom is 0.216 e. The molecule has 0 aliphatic carbocycles. The molecule has 1 aromatic heterocycles. The molecule has 0 saturated carbocycles. The normalized spacial score (nSPS) is 19.0. The van der Waals surface area contributed by atoms with E-state index in [4.69, 9.17) is 9.15 Å². The summed E-state index contributed by atoms with van der Waals surface area (Å²) < 4.78 is 11.0. The van der Waals surface area contributed by atoms with Gasteiger partial charge in [0.1, 0.15) is 12.3 Å².